The number of nitrogens with zero attached hydrogens (tertiary/aromatic N) is 2. The molecular formula is C11H10BrIN4O. The lowest BCUT2D eigenvalue weighted by Crippen LogP contribution is -2.03. The molecule has 0 unspecified atom stereocenters. The zero-order chi connectivity index (χ0) is 13.1. The molecule has 0 radical (unpaired) electrons. The Hall–Kier alpha value is -1.09. The standard InChI is InChI=1S/C11H10BrIN4O/c1-18-11-9(14)10(15-5-16-11)17-8-3-2-6(13)4-7(8)12/h2-5H,14H2,1H3,(H,15,16,17). The van der Waals surface area contributed by atoms with Gasteiger partial charge in [0, 0.05) is 8.04 Å². The van der Waals surface area contributed by atoms with Crippen LogP contribution >= 0.6 is 38.5 Å². The van der Waals surface area contributed by atoms with Gasteiger partial charge in [-0.3, -0.25) is 0 Å². The van der Waals surface area contributed by atoms with Crippen LogP contribution in [0.3, 0.4) is 0 Å². The fourth-order valence-corrected chi connectivity index (χ4v) is 2.76. The lowest BCUT2D eigenvalue weighted by atomic mass is 10.3. The number of hydrogen-bond donors (Lipinski definition) is 2. The molecule has 7 heteroatoms. The first-order valence-electron chi connectivity index (χ1n) is 4.98. The highest BCUT2D eigenvalue weighted by Crippen LogP contribution is 2.31. The molecule has 18 heavy (non-hydrogen) atoms. The molecule has 0 fully saturated rings. The summed E-state index contributed by atoms with van der Waals surface area (Å²) in [5, 5.41) is 3.14. The molecular weight excluding hydrogens is 411 g/mol. The van der Waals surface area contributed by atoms with Crippen LogP contribution in [0, 0.1) is 3.57 Å². The number of nitrogens with two attached hydrogens (primary N) is 1. The minimum Gasteiger partial charge on any atom is -0.479 e. The minimum atomic E-state index is 0.356. The summed E-state index contributed by atoms with van der Waals surface area (Å²) in [6.07, 6.45) is 1.40. The van der Waals surface area contributed by atoms with Crippen molar-refractivity contribution in [1.82, 2.24) is 9.97 Å². The Balaban J connectivity index is 2.34. The fourth-order valence-electron chi connectivity index (χ4n) is 1.36. The molecule has 1 aromatic heterocycles. The summed E-state index contributed by atoms with van der Waals surface area (Å²) >= 11 is 5.73. The summed E-state index contributed by atoms with van der Waals surface area (Å²) in [6.45, 7) is 0. The van der Waals surface area contributed by atoms with Gasteiger partial charge >= 0.3 is 0 Å². The smallest absolute Gasteiger partial charge is 0.242 e. The second kappa shape index (κ2) is 5.70. The third-order valence-corrected chi connectivity index (χ3v) is 3.55. The Morgan fingerprint density at radius 1 is 1.39 bits per heavy atom. The van der Waals surface area contributed by atoms with Gasteiger partial charge in [0.25, 0.3) is 0 Å². The van der Waals surface area contributed by atoms with Crippen molar-refractivity contribution in [2.24, 2.45) is 0 Å². The molecule has 0 aliphatic carbocycles. The van der Waals surface area contributed by atoms with Gasteiger partial charge in [-0.15, -0.1) is 0 Å². The molecule has 0 atom stereocenters. The van der Waals surface area contributed by atoms with Crippen LogP contribution in [-0.2, 0) is 0 Å². The molecule has 5 nitrogen and oxygen atoms in total. The molecule has 1 heterocycles. The highest BCUT2D eigenvalue weighted by Gasteiger charge is 2.09. The van der Waals surface area contributed by atoms with Gasteiger partial charge in [0.1, 0.15) is 12.0 Å². The largest absolute Gasteiger partial charge is 0.479 e. The minimum absolute atomic E-state index is 0.356. The average Bonchev–Trinajstić information content (AvgIpc) is 2.35. The fraction of sp³-hybridized carbons (Fsp3) is 0.0909. The maximum atomic E-state index is 5.89. The van der Waals surface area contributed by atoms with Gasteiger partial charge in [-0.25, -0.2) is 4.98 Å². The van der Waals surface area contributed by atoms with E-state index in [4.69, 9.17) is 10.5 Å². The van der Waals surface area contributed by atoms with E-state index in [2.05, 4.69) is 53.8 Å². The summed E-state index contributed by atoms with van der Waals surface area (Å²) in [5.41, 5.74) is 7.15. The second-order valence-corrected chi connectivity index (χ2v) is 5.49. The number of halogens is 2. The van der Waals surface area contributed by atoms with E-state index in [1.54, 1.807) is 0 Å². The molecule has 0 aliphatic heterocycles. The number of benzene rings is 1. The number of nitrogens with one attached hydrogen (secondary N) is 1. The summed E-state index contributed by atoms with van der Waals surface area (Å²) in [6, 6.07) is 5.93. The van der Waals surface area contributed by atoms with E-state index in [9.17, 15) is 0 Å². The van der Waals surface area contributed by atoms with Crippen LogP contribution < -0.4 is 15.8 Å². The van der Waals surface area contributed by atoms with Crippen molar-refractivity contribution in [1.29, 1.82) is 0 Å². The number of rotatable bonds is 3. The lowest BCUT2D eigenvalue weighted by Gasteiger charge is -2.11. The van der Waals surface area contributed by atoms with E-state index in [1.165, 1.54) is 13.4 Å². The summed E-state index contributed by atoms with van der Waals surface area (Å²) in [5.74, 6) is 0.873. The van der Waals surface area contributed by atoms with E-state index in [0.29, 0.717) is 17.4 Å². The van der Waals surface area contributed by atoms with Crippen LogP contribution in [0.25, 0.3) is 0 Å². The predicted molar refractivity (Wildman–Crippen MR) is 83.1 cm³/mol. The molecule has 2 aromatic rings. The highest BCUT2D eigenvalue weighted by molar-refractivity contribution is 14.1. The van der Waals surface area contributed by atoms with E-state index in [0.717, 1.165) is 13.7 Å². The van der Waals surface area contributed by atoms with Crippen LogP contribution in [0.2, 0.25) is 0 Å². The third kappa shape index (κ3) is 2.83. The molecule has 0 aliphatic rings. The number of hydrogen-bond acceptors (Lipinski definition) is 5. The number of aromatic nitrogens is 2. The quantitative estimate of drug-likeness (QED) is 0.746. The first-order chi connectivity index (χ1) is 8.61. The zero-order valence-corrected chi connectivity index (χ0v) is 13.2. The molecule has 0 spiro atoms. The lowest BCUT2D eigenvalue weighted by molar-refractivity contribution is 0.399. The predicted octanol–water partition coefficient (Wildman–Crippen LogP) is 3.18. The van der Waals surface area contributed by atoms with Crippen molar-refractivity contribution in [3.05, 3.63) is 32.6 Å². The summed E-state index contributed by atoms with van der Waals surface area (Å²) < 4.78 is 7.12. The van der Waals surface area contributed by atoms with E-state index >= 15 is 0 Å². The van der Waals surface area contributed by atoms with Crippen molar-refractivity contribution in [3.63, 3.8) is 0 Å². The van der Waals surface area contributed by atoms with Crippen LogP contribution in [0.1, 0.15) is 0 Å². The van der Waals surface area contributed by atoms with Crippen LogP contribution in [0.15, 0.2) is 29.0 Å². The monoisotopic (exact) mass is 420 g/mol. The van der Waals surface area contributed by atoms with Crippen LogP contribution in [0.4, 0.5) is 17.2 Å². The van der Waals surface area contributed by atoms with Crippen molar-refractivity contribution in [2.75, 3.05) is 18.2 Å². The Bertz CT molecular complexity index is 579. The normalized spacial score (nSPS) is 10.2. The van der Waals surface area contributed by atoms with Gasteiger partial charge in [0.05, 0.1) is 12.8 Å². The van der Waals surface area contributed by atoms with Gasteiger partial charge in [0.15, 0.2) is 5.82 Å². The Kier molecular flexibility index (Phi) is 4.23. The van der Waals surface area contributed by atoms with Crippen molar-refractivity contribution >= 4 is 55.7 Å². The molecule has 0 bridgehead atoms. The Morgan fingerprint density at radius 2 is 2.17 bits per heavy atom. The molecule has 0 saturated carbocycles. The van der Waals surface area contributed by atoms with E-state index < -0.39 is 0 Å². The van der Waals surface area contributed by atoms with E-state index in [-0.39, 0.29) is 0 Å². The topological polar surface area (TPSA) is 73.1 Å². The van der Waals surface area contributed by atoms with Gasteiger partial charge < -0.3 is 15.8 Å². The number of ether oxygens (including phenoxy) is 1. The summed E-state index contributed by atoms with van der Waals surface area (Å²) in [4.78, 5) is 8.02. The maximum absolute atomic E-state index is 5.89. The average molecular weight is 421 g/mol. The van der Waals surface area contributed by atoms with E-state index in [1.807, 2.05) is 18.2 Å². The Morgan fingerprint density at radius 3 is 2.83 bits per heavy atom. The molecule has 0 amide bonds. The van der Waals surface area contributed by atoms with Crippen LogP contribution in [0.5, 0.6) is 5.88 Å². The number of nitrogen functional groups attached to an aromatic ring is 1. The molecule has 1 aromatic carbocycles. The first-order valence-corrected chi connectivity index (χ1v) is 6.85. The van der Waals surface area contributed by atoms with Gasteiger partial charge in [-0.1, -0.05) is 0 Å². The van der Waals surface area contributed by atoms with Gasteiger partial charge in [-0.2, -0.15) is 4.98 Å². The first kappa shape index (κ1) is 13.3. The molecule has 94 valence electrons. The molecule has 3 N–H and O–H groups in total. The maximum Gasteiger partial charge on any atom is 0.242 e. The highest BCUT2D eigenvalue weighted by atomic mass is 127. The molecule has 2 rings (SSSR count). The van der Waals surface area contributed by atoms with Crippen LogP contribution in [-0.4, -0.2) is 17.1 Å². The summed E-state index contributed by atoms with van der Waals surface area (Å²) in [7, 11) is 1.52. The third-order valence-electron chi connectivity index (χ3n) is 2.22. The number of anilines is 3. The van der Waals surface area contributed by atoms with Crippen molar-refractivity contribution < 1.29 is 4.74 Å². The SMILES string of the molecule is COc1ncnc(Nc2ccc(I)cc2Br)c1N. The second-order valence-electron chi connectivity index (χ2n) is 3.39. The van der Waals surface area contributed by atoms with Gasteiger partial charge in [-0.05, 0) is 56.7 Å². The Labute approximate surface area is 126 Å². The molecule has 0 saturated heterocycles. The van der Waals surface area contributed by atoms with Gasteiger partial charge in [0.2, 0.25) is 5.88 Å². The number of methoxy groups -OCH3 is 1. The van der Waals surface area contributed by atoms with Crippen molar-refractivity contribution in [3.8, 4) is 5.88 Å². The zero-order valence-electron chi connectivity index (χ0n) is 9.45. The van der Waals surface area contributed by atoms with Crippen molar-refractivity contribution in [2.45, 2.75) is 0 Å².